The van der Waals surface area contributed by atoms with Gasteiger partial charge in [0.05, 0.1) is 28.7 Å². The molecule has 10 nitrogen and oxygen atoms in total. The number of imidazole rings is 1. The van der Waals surface area contributed by atoms with Crippen molar-refractivity contribution in [2.75, 3.05) is 36.0 Å². The van der Waals surface area contributed by atoms with E-state index in [1.165, 1.54) is 22.5 Å². The highest BCUT2D eigenvalue weighted by Crippen LogP contribution is 2.53. The van der Waals surface area contributed by atoms with E-state index in [9.17, 15) is 9.59 Å². The van der Waals surface area contributed by atoms with Crippen LogP contribution >= 0.6 is 0 Å². The molecular formula is C57H57N5O5. The number of aryl methyl sites for hydroxylation is 1. The summed E-state index contributed by atoms with van der Waals surface area (Å²) in [6.07, 6.45) is 14.5. The van der Waals surface area contributed by atoms with Crippen molar-refractivity contribution in [1.29, 1.82) is 0 Å². The predicted molar refractivity (Wildman–Crippen MR) is 270 cm³/mol. The molecular weight excluding hydrogens is 835 g/mol. The summed E-state index contributed by atoms with van der Waals surface area (Å²) in [7, 11) is 0. The number of rotatable bonds is 5. The van der Waals surface area contributed by atoms with Gasteiger partial charge in [-0.2, -0.15) is 0 Å². The van der Waals surface area contributed by atoms with Gasteiger partial charge < -0.3 is 28.4 Å². The standard InChI is InChI=1S/C57H57N5O5/c1-32-38(53(64)67-50-39(32)31-41-48-45(50)57(8,9)22-26-62(48)24-20-55(41,4)5)18-17-37-29-34(46(58-10)51-59-42-13-11-12-14-43(42)60-51)28-36(65-37)16-15-33-27-35-30-40-47-44(49(35)66-52(33)63)56(6,7)21-25-61(47)23-19-54(40,2)3/h11-18,27-31H,19-26H2,1-9H3,(H,59,60)/b16-15+,18-17+,46-34+. The number of ether oxygens (including phenoxy) is 1. The number of hydrogen-bond donors (Lipinski definition) is 1. The monoisotopic (exact) mass is 891 g/mol. The molecule has 0 aliphatic carbocycles. The Morgan fingerprint density at radius 3 is 1.91 bits per heavy atom. The van der Waals surface area contributed by atoms with Gasteiger partial charge in [0, 0.05) is 59.5 Å². The molecule has 6 aromatic rings. The maximum absolute atomic E-state index is 14.1. The maximum atomic E-state index is 14.1. The van der Waals surface area contributed by atoms with Gasteiger partial charge in [0.15, 0.2) is 0 Å². The van der Waals surface area contributed by atoms with Crippen molar-refractivity contribution in [1.82, 2.24) is 9.97 Å². The highest BCUT2D eigenvalue weighted by molar-refractivity contribution is 5.94. The Bertz CT molecular complexity index is 3450. The van der Waals surface area contributed by atoms with Crippen molar-refractivity contribution in [3.8, 4) is 0 Å². The molecule has 5 aliphatic rings. The van der Waals surface area contributed by atoms with Crippen molar-refractivity contribution in [2.24, 2.45) is 0 Å². The first kappa shape index (κ1) is 42.8. The first-order valence-electron chi connectivity index (χ1n) is 23.7. The molecule has 0 unspecified atom stereocenters. The van der Waals surface area contributed by atoms with Crippen molar-refractivity contribution in [2.45, 2.75) is 110 Å². The molecule has 3 aromatic heterocycles. The van der Waals surface area contributed by atoms with Crippen molar-refractivity contribution < 1.29 is 13.6 Å². The number of nitrogens with zero attached hydrogens (tertiary/aromatic N) is 4. The molecule has 67 heavy (non-hydrogen) atoms. The number of nitrogens with one attached hydrogen (secondary N) is 1. The first-order chi connectivity index (χ1) is 31.8. The highest BCUT2D eigenvalue weighted by atomic mass is 16.5. The molecule has 0 atom stereocenters. The molecule has 0 saturated heterocycles. The summed E-state index contributed by atoms with van der Waals surface area (Å²) in [5, 5.41) is 1.82. The molecule has 0 bridgehead atoms. The Morgan fingerprint density at radius 2 is 1.28 bits per heavy atom. The highest BCUT2D eigenvalue weighted by Gasteiger charge is 2.44. The topological polar surface area (TPSA) is 109 Å². The molecule has 10 heteroatoms. The number of para-hydroxylation sites is 2. The fourth-order valence-electron chi connectivity index (χ4n) is 11.4. The summed E-state index contributed by atoms with van der Waals surface area (Å²) in [6.45, 7) is 32.5. The second-order valence-corrected chi connectivity index (χ2v) is 21.9. The van der Waals surface area contributed by atoms with Crippen LogP contribution in [0.2, 0.25) is 0 Å². The molecule has 11 rings (SSSR count). The van der Waals surface area contributed by atoms with Gasteiger partial charge in [0.2, 0.25) is 5.70 Å². The van der Waals surface area contributed by atoms with Gasteiger partial charge in [-0.3, -0.25) is 0 Å². The van der Waals surface area contributed by atoms with Crippen molar-refractivity contribution >= 4 is 62.2 Å². The molecule has 340 valence electrons. The van der Waals surface area contributed by atoms with E-state index in [0.717, 1.165) is 90.4 Å². The summed E-state index contributed by atoms with van der Waals surface area (Å²) in [5.74, 6) is 1.19. The summed E-state index contributed by atoms with van der Waals surface area (Å²) in [6, 6.07) is 14.1. The number of hydrogen-bond acceptors (Lipinski definition) is 8. The van der Waals surface area contributed by atoms with E-state index in [1.54, 1.807) is 36.5 Å². The predicted octanol–water partition coefficient (Wildman–Crippen LogP) is 12.3. The van der Waals surface area contributed by atoms with Gasteiger partial charge in [-0.15, -0.1) is 0 Å². The normalized spacial score (nSPS) is 20.7. The smallest absolute Gasteiger partial charge is 0.343 e. The SMILES string of the molecule is [C-]#[N+]/C(=C1C=C(/C=C/c2cc3cc4c5c(c3oc2=O)C(C)(C)CCN5CCC4(C)C)OC(/C=C/c2c(C)c3cc4c5c(c3oc2=O)C(C)(C)CCN5CCC4(C)C)=C\1)c1nc2ccccc2[nH]1. The van der Waals surface area contributed by atoms with Crippen LogP contribution in [0.5, 0.6) is 0 Å². The third kappa shape index (κ3) is 6.83. The average Bonchev–Trinajstić information content (AvgIpc) is 3.70. The largest absolute Gasteiger partial charge is 0.457 e. The van der Waals surface area contributed by atoms with E-state index in [-0.39, 0.29) is 21.7 Å². The molecule has 8 heterocycles. The van der Waals surface area contributed by atoms with Crippen LogP contribution < -0.4 is 21.1 Å². The van der Waals surface area contributed by atoms with Crippen LogP contribution in [-0.4, -0.2) is 36.1 Å². The lowest BCUT2D eigenvalue weighted by molar-refractivity contribution is 0.332. The second-order valence-electron chi connectivity index (χ2n) is 21.9. The lowest BCUT2D eigenvalue weighted by Gasteiger charge is -2.48. The van der Waals surface area contributed by atoms with Crippen molar-refractivity contribution in [3.05, 3.63) is 161 Å². The molecule has 0 spiro atoms. The Labute approximate surface area is 390 Å². The maximum Gasteiger partial charge on any atom is 0.343 e. The van der Waals surface area contributed by atoms with Crippen LogP contribution in [0.3, 0.4) is 0 Å². The van der Waals surface area contributed by atoms with E-state index in [4.69, 9.17) is 25.1 Å². The Kier molecular flexibility index (Phi) is 9.46. The lowest BCUT2D eigenvalue weighted by Crippen LogP contribution is -2.44. The average molecular weight is 892 g/mol. The van der Waals surface area contributed by atoms with E-state index < -0.39 is 11.3 Å². The Balaban J connectivity index is 1.02. The van der Waals surface area contributed by atoms with E-state index in [0.29, 0.717) is 50.9 Å². The number of anilines is 2. The number of aromatic nitrogens is 2. The van der Waals surface area contributed by atoms with E-state index in [1.807, 2.05) is 37.3 Å². The zero-order valence-corrected chi connectivity index (χ0v) is 40.0. The summed E-state index contributed by atoms with van der Waals surface area (Å²) < 4.78 is 19.2. The molecule has 5 aliphatic heterocycles. The minimum atomic E-state index is -0.441. The lowest BCUT2D eigenvalue weighted by atomic mass is 9.69. The third-order valence-electron chi connectivity index (χ3n) is 15.6. The zero-order chi connectivity index (χ0) is 46.9. The van der Waals surface area contributed by atoms with E-state index in [2.05, 4.69) is 87.2 Å². The summed E-state index contributed by atoms with van der Waals surface area (Å²) >= 11 is 0. The first-order valence-corrected chi connectivity index (χ1v) is 23.7. The zero-order valence-electron chi connectivity index (χ0n) is 40.0. The number of benzene rings is 3. The van der Waals surface area contributed by atoms with Crippen LogP contribution in [-0.2, 0) is 26.4 Å². The fraction of sp³-hybridized carbons (Fsp3) is 0.368. The van der Waals surface area contributed by atoms with Gasteiger partial charge in [-0.25, -0.2) is 19.4 Å². The second kappa shape index (κ2) is 14.8. The minimum Gasteiger partial charge on any atom is -0.457 e. The van der Waals surface area contributed by atoms with Crippen LogP contribution in [0.1, 0.15) is 126 Å². The molecule has 1 N–H and O–H groups in total. The van der Waals surface area contributed by atoms with Gasteiger partial charge in [0.25, 0.3) is 0 Å². The quantitative estimate of drug-likeness (QED) is 0.135. The van der Waals surface area contributed by atoms with Gasteiger partial charge in [-0.1, -0.05) is 67.5 Å². The van der Waals surface area contributed by atoms with Crippen LogP contribution in [0, 0.1) is 13.5 Å². The summed E-state index contributed by atoms with van der Waals surface area (Å²) in [5.41, 5.74) is 11.3. The van der Waals surface area contributed by atoms with Gasteiger partial charge in [0.1, 0.15) is 28.5 Å². The molecule has 0 amide bonds. The van der Waals surface area contributed by atoms with Crippen LogP contribution in [0.25, 0.3) is 55.7 Å². The molecule has 0 fully saturated rings. The number of fused-ring (bicyclic) bond motifs is 5. The number of aromatic amines is 1. The van der Waals surface area contributed by atoms with Gasteiger partial charge in [-0.05, 0) is 143 Å². The molecule has 3 aromatic carbocycles. The minimum absolute atomic E-state index is 0.0357. The fourth-order valence-corrected chi connectivity index (χ4v) is 11.4. The Morgan fingerprint density at radius 1 is 0.716 bits per heavy atom. The number of allylic oxidation sites excluding steroid dienone is 5. The molecule has 0 saturated carbocycles. The molecule has 0 radical (unpaired) electrons. The number of H-pyrrole nitrogens is 1. The van der Waals surface area contributed by atoms with E-state index >= 15 is 0 Å². The Hall–Kier alpha value is -6.86. The third-order valence-corrected chi connectivity index (χ3v) is 15.6. The van der Waals surface area contributed by atoms with Crippen molar-refractivity contribution in [3.63, 3.8) is 0 Å². The van der Waals surface area contributed by atoms with Crippen LogP contribution in [0.15, 0.2) is 102 Å². The van der Waals surface area contributed by atoms with Gasteiger partial charge >= 0.3 is 11.3 Å². The summed E-state index contributed by atoms with van der Waals surface area (Å²) in [4.78, 5) is 45.1. The van der Waals surface area contributed by atoms with Crippen LogP contribution in [0.4, 0.5) is 11.4 Å².